The van der Waals surface area contributed by atoms with Gasteiger partial charge < -0.3 is 10.2 Å². The van der Waals surface area contributed by atoms with Crippen molar-refractivity contribution >= 4 is 35.2 Å². The number of fused-ring (bicyclic) bond motifs is 1. The molecule has 200 valence electrons. The number of piperidine rings is 1. The summed E-state index contributed by atoms with van der Waals surface area (Å²) in [7, 11) is 1.35. The van der Waals surface area contributed by atoms with E-state index >= 15 is 0 Å². The van der Waals surface area contributed by atoms with Crippen molar-refractivity contribution < 1.29 is 41.5 Å². The summed E-state index contributed by atoms with van der Waals surface area (Å²) < 4.78 is 52.9. The maximum Gasteiger partial charge on any atom is 0.416 e. The van der Waals surface area contributed by atoms with Gasteiger partial charge in [0.1, 0.15) is 11.9 Å². The van der Waals surface area contributed by atoms with Gasteiger partial charge in [-0.2, -0.15) is 13.2 Å². The van der Waals surface area contributed by atoms with E-state index in [9.17, 15) is 41.5 Å². The Morgan fingerprint density at radius 2 is 1.87 bits per heavy atom. The van der Waals surface area contributed by atoms with Gasteiger partial charge >= 0.3 is 6.18 Å². The molecular formula is C25H22F4N4O5. The summed E-state index contributed by atoms with van der Waals surface area (Å²) in [5.74, 6) is -4.42. The van der Waals surface area contributed by atoms with Crippen LogP contribution < -0.4 is 10.6 Å². The van der Waals surface area contributed by atoms with Gasteiger partial charge in [0.2, 0.25) is 17.7 Å². The highest BCUT2D eigenvalue weighted by Crippen LogP contribution is 2.34. The summed E-state index contributed by atoms with van der Waals surface area (Å²) in [5, 5.41) is 4.89. The smallest absolute Gasteiger partial charge is 0.375 e. The molecule has 2 heterocycles. The third-order valence-electron chi connectivity index (χ3n) is 6.65. The predicted octanol–water partition coefficient (Wildman–Crippen LogP) is 2.88. The summed E-state index contributed by atoms with van der Waals surface area (Å²) >= 11 is 0. The van der Waals surface area contributed by atoms with Crippen LogP contribution in [0.25, 0.3) is 0 Å². The first-order valence-electron chi connectivity index (χ1n) is 11.5. The van der Waals surface area contributed by atoms with Crippen molar-refractivity contribution in [3.05, 3.63) is 64.5 Å². The highest BCUT2D eigenvalue weighted by atomic mass is 19.4. The van der Waals surface area contributed by atoms with Crippen molar-refractivity contribution in [3.63, 3.8) is 0 Å². The van der Waals surface area contributed by atoms with E-state index in [0.29, 0.717) is 6.07 Å². The number of amides is 5. The van der Waals surface area contributed by atoms with Crippen LogP contribution in [-0.4, -0.2) is 59.0 Å². The number of carbonyl (C=O) groups is 5. The second kappa shape index (κ2) is 9.88. The number of likely N-dealkylation sites (N-methyl/N-ethyl adjacent to an activating group) is 1. The summed E-state index contributed by atoms with van der Waals surface area (Å²) in [6.45, 7) is 1.06. The van der Waals surface area contributed by atoms with Gasteiger partial charge in [0.05, 0.1) is 29.3 Å². The van der Waals surface area contributed by atoms with Crippen LogP contribution in [0.15, 0.2) is 36.4 Å². The first kappa shape index (κ1) is 26.8. The molecule has 0 aromatic heterocycles. The van der Waals surface area contributed by atoms with Gasteiger partial charge in [0.15, 0.2) is 0 Å². The maximum absolute atomic E-state index is 14.4. The zero-order valence-electron chi connectivity index (χ0n) is 20.2. The van der Waals surface area contributed by atoms with Gasteiger partial charge in [-0.1, -0.05) is 12.1 Å². The van der Waals surface area contributed by atoms with Crippen LogP contribution in [0.3, 0.4) is 0 Å². The highest BCUT2D eigenvalue weighted by molar-refractivity contribution is 6.25. The molecule has 0 radical (unpaired) electrons. The lowest BCUT2D eigenvalue weighted by Gasteiger charge is -2.28. The van der Waals surface area contributed by atoms with Crippen molar-refractivity contribution in [2.75, 3.05) is 18.9 Å². The van der Waals surface area contributed by atoms with E-state index in [1.807, 2.05) is 0 Å². The molecule has 2 aromatic carbocycles. The molecule has 0 bridgehead atoms. The minimum atomic E-state index is -4.71. The number of benzene rings is 2. The number of alkyl halides is 3. The first-order chi connectivity index (χ1) is 17.8. The third-order valence-corrected chi connectivity index (χ3v) is 6.65. The minimum Gasteiger partial charge on any atom is -0.375 e. The Labute approximate surface area is 213 Å². The molecule has 0 spiro atoms. The Kier molecular flexibility index (Phi) is 6.96. The van der Waals surface area contributed by atoms with Crippen molar-refractivity contribution in [1.29, 1.82) is 0 Å². The number of nitrogens with one attached hydrogen (secondary N) is 2. The van der Waals surface area contributed by atoms with Crippen LogP contribution in [0.4, 0.5) is 23.2 Å². The van der Waals surface area contributed by atoms with Crippen LogP contribution in [0.5, 0.6) is 0 Å². The molecule has 4 rings (SSSR count). The van der Waals surface area contributed by atoms with Gasteiger partial charge in [-0.05, 0) is 37.6 Å². The Morgan fingerprint density at radius 1 is 1.16 bits per heavy atom. The fourth-order valence-corrected chi connectivity index (χ4v) is 4.42. The molecular weight excluding hydrogens is 512 g/mol. The lowest BCUT2D eigenvalue weighted by molar-refractivity contribution is -0.138. The standard InChI is InChI=1S/C25H22F4N4O5/c1-12(14-7-6-13(10-16(14)26)25(27,28)29)32(2)20(35)11-30-17-5-3-4-15-21(17)24(38)33(23(15)37)18-8-9-19(34)31-22(18)36/h3-7,10,12,18,30H,8-9,11H2,1-2H3,(H,31,34,36). The predicted molar refractivity (Wildman–Crippen MR) is 124 cm³/mol. The molecule has 38 heavy (non-hydrogen) atoms. The van der Waals surface area contributed by atoms with Crippen LogP contribution in [0.1, 0.15) is 57.7 Å². The van der Waals surface area contributed by atoms with Crippen LogP contribution in [0, 0.1) is 5.82 Å². The number of hydrogen-bond donors (Lipinski definition) is 2. The van der Waals surface area contributed by atoms with E-state index < -0.39 is 59.2 Å². The van der Waals surface area contributed by atoms with Crippen LogP contribution >= 0.6 is 0 Å². The maximum atomic E-state index is 14.4. The van der Waals surface area contributed by atoms with Gasteiger partial charge in [-0.25, -0.2) is 4.39 Å². The van der Waals surface area contributed by atoms with E-state index in [2.05, 4.69) is 10.6 Å². The van der Waals surface area contributed by atoms with Crippen molar-refractivity contribution in [2.24, 2.45) is 0 Å². The molecule has 9 nitrogen and oxygen atoms in total. The average molecular weight is 534 g/mol. The van der Waals surface area contributed by atoms with Crippen molar-refractivity contribution in [2.45, 2.75) is 38.0 Å². The molecule has 5 amide bonds. The van der Waals surface area contributed by atoms with E-state index in [-0.39, 0.29) is 41.8 Å². The Balaban J connectivity index is 1.48. The van der Waals surface area contributed by atoms with E-state index in [0.717, 1.165) is 21.9 Å². The SMILES string of the molecule is CC(c1ccc(C(F)(F)F)cc1F)N(C)C(=O)CNc1cccc2c1C(=O)N(C1CCC(=O)NC1=O)C2=O. The fourth-order valence-electron chi connectivity index (χ4n) is 4.42. The molecule has 1 saturated heterocycles. The molecule has 13 heteroatoms. The topological polar surface area (TPSA) is 116 Å². The lowest BCUT2D eigenvalue weighted by Crippen LogP contribution is -2.54. The molecule has 2 N–H and O–H groups in total. The number of nitrogens with zero attached hydrogens (tertiary/aromatic N) is 2. The van der Waals surface area contributed by atoms with E-state index in [1.165, 1.54) is 32.2 Å². The molecule has 1 fully saturated rings. The minimum absolute atomic E-state index is 0.0133. The highest BCUT2D eigenvalue weighted by Gasteiger charge is 2.45. The summed E-state index contributed by atoms with van der Waals surface area (Å²) in [4.78, 5) is 64.5. The number of rotatable bonds is 6. The Morgan fingerprint density at radius 3 is 2.50 bits per heavy atom. The first-order valence-corrected chi connectivity index (χ1v) is 11.5. The molecule has 2 aliphatic heterocycles. The Bertz CT molecular complexity index is 1360. The van der Waals surface area contributed by atoms with Gasteiger partial charge in [0.25, 0.3) is 11.8 Å². The fraction of sp³-hybridized carbons (Fsp3) is 0.320. The number of hydrogen-bond acceptors (Lipinski definition) is 6. The summed E-state index contributed by atoms with van der Waals surface area (Å²) in [5.41, 5.74) is -1.14. The van der Waals surface area contributed by atoms with Crippen molar-refractivity contribution in [1.82, 2.24) is 15.1 Å². The van der Waals surface area contributed by atoms with Gasteiger partial charge in [0, 0.05) is 24.7 Å². The van der Waals surface area contributed by atoms with Gasteiger partial charge in [-0.15, -0.1) is 0 Å². The van der Waals surface area contributed by atoms with Crippen LogP contribution in [-0.2, 0) is 20.6 Å². The molecule has 2 aromatic rings. The van der Waals surface area contributed by atoms with E-state index in [4.69, 9.17) is 0 Å². The summed E-state index contributed by atoms with van der Waals surface area (Å²) in [6.07, 6.45) is -4.76. The van der Waals surface area contributed by atoms with Gasteiger partial charge in [-0.3, -0.25) is 34.2 Å². The summed E-state index contributed by atoms with van der Waals surface area (Å²) in [6, 6.07) is 4.34. The third kappa shape index (κ3) is 4.83. The molecule has 0 aliphatic carbocycles. The molecule has 2 atom stereocenters. The monoisotopic (exact) mass is 534 g/mol. The lowest BCUT2D eigenvalue weighted by atomic mass is 10.0. The average Bonchev–Trinajstić information content (AvgIpc) is 3.11. The zero-order chi connectivity index (χ0) is 27.9. The number of imide groups is 2. The largest absolute Gasteiger partial charge is 0.416 e. The van der Waals surface area contributed by atoms with E-state index in [1.54, 1.807) is 0 Å². The second-order valence-corrected chi connectivity index (χ2v) is 8.94. The van der Waals surface area contributed by atoms with Crippen LogP contribution in [0.2, 0.25) is 0 Å². The number of halogens is 4. The number of carbonyl (C=O) groups excluding carboxylic acids is 5. The second-order valence-electron chi connectivity index (χ2n) is 8.94. The van der Waals surface area contributed by atoms with Crippen molar-refractivity contribution in [3.8, 4) is 0 Å². The Hall–Kier alpha value is -4.29. The number of anilines is 1. The molecule has 2 aliphatic rings. The molecule has 0 saturated carbocycles. The molecule has 2 unspecified atom stereocenters. The normalized spacial score (nSPS) is 18.3. The quantitative estimate of drug-likeness (QED) is 0.435. The zero-order valence-corrected chi connectivity index (χ0v) is 20.2.